The molecule has 10 heteroatoms. The average molecular weight is 454 g/mol. The van der Waals surface area contributed by atoms with E-state index in [0.717, 1.165) is 18.5 Å². The lowest BCUT2D eigenvalue weighted by molar-refractivity contribution is -0.133. The third-order valence-corrected chi connectivity index (χ3v) is 5.75. The molecule has 1 aromatic carbocycles. The predicted octanol–water partition coefficient (Wildman–Crippen LogP) is 2.55. The number of amides is 2. The number of nitrogens with one attached hydrogen (secondary N) is 2. The van der Waals surface area contributed by atoms with E-state index in [-0.39, 0.29) is 29.3 Å². The number of ether oxygens (including phenoxy) is 2. The number of hydrogen-bond acceptors (Lipinski definition) is 7. The number of carbonyl (C=O) groups excluding carboxylic acids is 2. The number of anilines is 1. The molecule has 1 fully saturated rings. The number of hydrogen-bond donors (Lipinski definition) is 3. The average Bonchev–Trinajstić information content (AvgIpc) is 3.60. The fourth-order valence-corrected chi connectivity index (χ4v) is 3.62. The van der Waals surface area contributed by atoms with Crippen LogP contribution < -0.4 is 25.4 Å². The fourth-order valence-electron chi connectivity index (χ4n) is 3.28. The van der Waals surface area contributed by atoms with Crippen LogP contribution in [-0.4, -0.2) is 34.0 Å². The van der Waals surface area contributed by atoms with Gasteiger partial charge >= 0.3 is 0 Å². The lowest BCUT2D eigenvalue weighted by Crippen LogP contribution is -2.39. The molecule has 4 rings (SSSR count). The minimum Gasteiger partial charge on any atom is -0.499 e. The van der Waals surface area contributed by atoms with Crippen molar-refractivity contribution < 1.29 is 24.2 Å². The number of aromatic nitrogens is 2. The van der Waals surface area contributed by atoms with Gasteiger partial charge in [0.15, 0.2) is 0 Å². The molecule has 1 atom stereocenters. The van der Waals surface area contributed by atoms with Crippen molar-refractivity contribution in [3.8, 4) is 23.3 Å². The lowest BCUT2D eigenvalue weighted by atomic mass is 10.0. The van der Waals surface area contributed by atoms with E-state index < -0.39 is 5.41 Å². The number of nitrogens with zero attached hydrogens (tertiary/aromatic N) is 2. The molecule has 2 aliphatic rings. The molecule has 0 saturated heterocycles. The molecule has 2 aromatic rings. The fraction of sp³-hybridized carbons (Fsp3) is 0.273. The molecule has 0 spiro atoms. The Morgan fingerprint density at radius 1 is 1.12 bits per heavy atom. The number of benzene rings is 1. The van der Waals surface area contributed by atoms with E-state index in [4.69, 9.17) is 9.47 Å². The summed E-state index contributed by atoms with van der Waals surface area (Å²) in [6.07, 6.45) is 9.86. The first-order valence-electron chi connectivity index (χ1n) is 10.1. The summed E-state index contributed by atoms with van der Waals surface area (Å²) in [4.78, 5) is 33.3. The van der Waals surface area contributed by atoms with Crippen LogP contribution in [0, 0.1) is 5.41 Å². The molecule has 0 radical (unpaired) electrons. The molecule has 32 heavy (non-hydrogen) atoms. The zero-order valence-electron chi connectivity index (χ0n) is 17.4. The van der Waals surface area contributed by atoms with Crippen molar-refractivity contribution in [2.45, 2.75) is 25.7 Å². The molecule has 2 aliphatic carbocycles. The van der Waals surface area contributed by atoms with Crippen LogP contribution in [0.2, 0.25) is 0 Å². The summed E-state index contributed by atoms with van der Waals surface area (Å²) < 4.78 is 10.6. The maximum atomic E-state index is 12.9. The minimum absolute atomic E-state index is 0.00308. The topological polar surface area (TPSA) is 123 Å². The van der Waals surface area contributed by atoms with E-state index in [2.05, 4.69) is 29.8 Å². The molecule has 166 valence electrons. The van der Waals surface area contributed by atoms with E-state index in [0.29, 0.717) is 29.6 Å². The highest BCUT2D eigenvalue weighted by molar-refractivity contribution is 7.27. The standard InChI is InChI=1S/C22H23N4O5P/c1-30-18-17(27)19(24-12-23-18)31-15-8-7-14(11-16(15)32)26-21(29)22(9-10-22)20(28)25-13-5-3-2-4-6-13/h3,5-8,11-12,27H,2,4,9-10,32H2,1H3,(H,25,28)(H,26,29). The Balaban J connectivity index is 1.43. The van der Waals surface area contributed by atoms with Crippen molar-refractivity contribution in [3.63, 3.8) is 0 Å². The first-order chi connectivity index (χ1) is 15.4. The molecule has 1 aromatic heterocycles. The third-order valence-electron chi connectivity index (χ3n) is 5.29. The predicted molar refractivity (Wildman–Crippen MR) is 121 cm³/mol. The van der Waals surface area contributed by atoms with Crippen molar-refractivity contribution in [1.29, 1.82) is 0 Å². The molecule has 2 amide bonds. The Kier molecular flexibility index (Phi) is 6.10. The number of aromatic hydroxyl groups is 1. The Hall–Kier alpha value is -3.45. The van der Waals surface area contributed by atoms with Crippen molar-refractivity contribution in [2.75, 3.05) is 12.4 Å². The third kappa shape index (κ3) is 4.43. The van der Waals surface area contributed by atoms with E-state index in [1.54, 1.807) is 18.2 Å². The van der Waals surface area contributed by atoms with Gasteiger partial charge in [-0.05, 0) is 50.0 Å². The molecule has 1 saturated carbocycles. The summed E-state index contributed by atoms with van der Waals surface area (Å²) in [6.45, 7) is 0. The van der Waals surface area contributed by atoms with Gasteiger partial charge in [-0.15, -0.1) is 9.24 Å². The molecule has 0 bridgehead atoms. The maximum absolute atomic E-state index is 12.9. The summed E-state index contributed by atoms with van der Waals surface area (Å²) in [5.41, 5.74) is 0.206. The van der Waals surface area contributed by atoms with Crippen LogP contribution in [0.15, 0.2) is 48.5 Å². The second-order valence-electron chi connectivity index (χ2n) is 7.52. The molecule has 0 aliphatic heterocycles. The number of carbonyl (C=O) groups is 2. The second kappa shape index (κ2) is 8.96. The highest BCUT2D eigenvalue weighted by atomic mass is 31.0. The van der Waals surface area contributed by atoms with Crippen molar-refractivity contribution in [2.24, 2.45) is 5.41 Å². The van der Waals surface area contributed by atoms with Gasteiger partial charge in [-0.2, -0.15) is 9.97 Å². The van der Waals surface area contributed by atoms with Gasteiger partial charge < -0.3 is 25.2 Å². The Morgan fingerprint density at radius 3 is 2.53 bits per heavy atom. The van der Waals surface area contributed by atoms with Crippen molar-refractivity contribution >= 4 is 32.0 Å². The Morgan fingerprint density at radius 2 is 1.88 bits per heavy atom. The van der Waals surface area contributed by atoms with Gasteiger partial charge in [0.2, 0.25) is 17.6 Å². The van der Waals surface area contributed by atoms with Gasteiger partial charge in [0, 0.05) is 16.7 Å². The normalized spacial score (nSPS) is 16.0. The van der Waals surface area contributed by atoms with Gasteiger partial charge in [0.25, 0.3) is 11.8 Å². The first kappa shape index (κ1) is 21.8. The monoisotopic (exact) mass is 454 g/mol. The SMILES string of the molecule is COc1ncnc(Oc2ccc(NC(=O)C3(C(=O)NC4=CCCC=C4)CC3)cc2P)c1O. The number of allylic oxidation sites excluding steroid dienone is 3. The highest BCUT2D eigenvalue weighted by Crippen LogP contribution is 2.47. The zero-order chi connectivity index (χ0) is 22.7. The van der Waals surface area contributed by atoms with Crippen LogP contribution in [0.4, 0.5) is 5.69 Å². The number of methoxy groups -OCH3 is 1. The number of rotatable bonds is 7. The molecule has 3 N–H and O–H groups in total. The van der Waals surface area contributed by atoms with E-state index in [9.17, 15) is 14.7 Å². The molecule has 1 heterocycles. The minimum atomic E-state index is -1.05. The van der Waals surface area contributed by atoms with Gasteiger partial charge in [0.05, 0.1) is 7.11 Å². The summed E-state index contributed by atoms with van der Waals surface area (Å²) in [5, 5.41) is 16.4. The Bertz CT molecular complexity index is 1130. The second-order valence-corrected chi connectivity index (χ2v) is 8.14. The van der Waals surface area contributed by atoms with E-state index in [1.165, 1.54) is 13.4 Å². The van der Waals surface area contributed by atoms with Crippen molar-refractivity contribution in [1.82, 2.24) is 15.3 Å². The van der Waals surface area contributed by atoms with Gasteiger partial charge in [0.1, 0.15) is 17.5 Å². The maximum Gasteiger partial charge on any atom is 0.269 e. The smallest absolute Gasteiger partial charge is 0.269 e. The molecule has 9 nitrogen and oxygen atoms in total. The Labute approximate surface area is 187 Å². The van der Waals surface area contributed by atoms with Gasteiger partial charge in [-0.3, -0.25) is 9.59 Å². The van der Waals surface area contributed by atoms with Crippen LogP contribution in [-0.2, 0) is 9.59 Å². The molecular formula is C22H23N4O5P. The molecular weight excluding hydrogens is 431 g/mol. The quantitative estimate of drug-likeness (QED) is 0.434. The summed E-state index contributed by atoms with van der Waals surface area (Å²) in [7, 11) is 3.88. The van der Waals surface area contributed by atoms with Crippen LogP contribution in [0.25, 0.3) is 0 Å². The molecule has 1 unspecified atom stereocenters. The first-order valence-corrected chi connectivity index (χ1v) is 10.7. The van der Waals surface area contributed by atoms with E-state index in [1.807, 2.05) is 18.2 Å². The van der Waals surface area contributed by atoms with Crippen LogP contribution in [0.3, 0.4) is 0 Å². The van der Waals surface area contributed by atoms with E-state index >= 15 is 0 Å². The van der Waals surface area contributed by atoms with Crippen molar-refractivity contribution in [3.05, 3.63) is 48.5 Å². The summed E-state index contributed by atoms with van der Waals surface area (Å²) >= 11 is 0. The highest BCUT2D eigenvalue weighted by Gasteiger charge is 2.56. The summed E-state index contributed by atoms with van der Waals surface area (Å²) in [5.74, 6) is -0.604. The largest absolute Gasteiger partial charge is 0.499 e. The lowest BCUT2D eigenvalue weighted by Gasteiger charge is -2.17. The van der Waals surface area contributed by atoms with Crippen LogP contribution >= 0.6 is 9.24 Å². The van der Waals surface area contributed by atoms with Crippen LogP contribution in [0.5, 0.6) is 23.3 Å². The van der Waals surface area contributed by atoms with Gasteiger partial charge in [-0.1, -0.05) is 12.2 Å². The summed E-state index contributed by atoms with van der Waals surface area (Å²) in [6, 6.07) is 4.97. The van der Waals surface area contributed by atoms with Gasteiger partial charge in [-0.25, -0.2) is 0 Å². The van der Waals surface area contributed by atoms with Crippen LogP contribution in [0.1, 0.15) is 25.7 Å². The zero-order valence-corrected chi connectivity index (χ0v) is 18.6.